The van der Waals surface area contributed by atoms with Gasteiger partial charge in [-0.2, -0.15) is 0 Å². The summed E-state index contributed by atoms with van der Waals surface area (Å²) in [4.78, 5) is 4.52. The van der Waals surface area contributed by atoms with Crippen LogP contribution in [0.25, 0.3) is 11.3 Å². The van der Waals surface area contributed by atoms with E-state index in [4.69, 9.17) is 4.74 Å². The summed E-state index contributed by atoms with van der Waals surface area (Å²) in [6, 6.07) is 4.90. The molecule has 108 valence electrons. The second kappa shape index (κ2) is 6.81. The van der Waals surface area contributed by atoms with Crippen molar-refractivity contribution < 1.29 is 9.13 Å². The Balaban J connectivity index is 2.06. The quantitative estimate of drug-likeness (QED) is 0.882. The van der Waals surface area contributed by atoms with Crippen LogP contribution in [0.15, 0.2) is 23.6 Å². The molecular formula is C15H19FN2OS. The highest BCUT2D eigenvalue weighted by molar-refractivity contribution is 7.09. The van der Waals surface area contributed by atoms with Gasteiger partial charge in [0.1, 0.15) is 5.01 Å². The van der Waals surface area contributed by atoms with Gasteiger partial charge in [-0.05, 0) is 30.7 Å². The summed E-state index contributed by atoms with van der Waals surface area (Å²) < 4.78 is 18.6. The van der Waals surface area contributed by atoms with E-state index in [0.717, 1.165) is 29.4 Å². The van der Waals surface area contributed by atoms with Gasteiger partial charge in [0.05, 0.1) is 12.8 Å². The summed E-state index contributed by atoms with van der Waals surface area (Å²) in [6.45, 7) is 6.05. The Morgan fingerprint density at radius 1 is 1.40 bits per heavy atom. The third kappa shape index (κ3) is 3.77. The Bertz CT molecular complexity index is 569. The molecule has 2 rings (SSSR count). The minimum atomic E-state index is -0.363. The molecule has 2 aromatic rings. The molecule has 0 aliphatic carbocycles. The first-order valence-corrected chi connectivity index (χ1v) is 7.47. The average Bonchev–Trinajstić information content (AvgIpc) is 2.87. The third-order valence-electron chi connectivity index (χ3n) is 2.83. The number of hydrogen-bond acceptors (Lipinski definition) is 4. The van der Waals surface area contributed by atoms with Crippen LogP contribution in [0.5, 0.6) is 5.75 Å². The number of rotatable bonds is 6. The zero-order valence-electron chi connectivity index (χ0n) is 11.9. The van der Waals surface area contributed by atoms with Gasteiger partial charge >= 0.3 is 0 Å². The number of hydrogen-bond donors (Lipinski definition) is 1. The molecule has 1 aromatic heterocycles. The number of nitrogens with zero attached hydrogens (tertiary/aromatic N) is 1. The highest BCUT2D eigenvalue weighted by atomic mass is 32.1. The van der Waals surface area contributed by atoms with Gasteiger partial charge in [0.2, 0.25) is 0 Å². The van der Waals surface area contributed by atoms with Gasteiger partial charge in [-0.15, -0.1) is 11.3 Å². The molecule has 0 atom stereocenters. The lowest BCUT2D eigenvalue weighted by Gasteiger charge is -2.05. The van der Waals surface area contributed by atoms with E-state index in [1.165, 1.54) is 13.2 Å². The van der Waals surface area contributed by atoms with Crippen molar-refractivity contribution in [1.29, 1.82) is 0 Å². The van der Waals surface area contributed by atoms with Crippen molar-refractivity contribution in [3.63, 3.8) is 0 Å². The van der Waals surface area contributed by atoms with Crippen LogP contribution in [0.1, 0.15) is 18.9 Å². The summed E-state index contributed by atoms with van der Waals surface area (Å²) in [5.41, 5.74) is 1.58. The largest absolute Gasteiger partial charge is 0.494 e. The van der Waals surface area contributed by atoms with E-state index < -0.39 is 0 Å². The Morgan fingerprint density at radius 3 is 2.85 bits per heavy atom. The van der Waals surface area contributed by atoms with Crippen molar-refractivity contribution in [2.45, 2.75) is 20.4 Å². The second-order valence-electron chi connectivity index (χ2n) is 5.00. The van der Waals surface area contributed by atoms with Crippen molar-refractivity contribution in [3.8, 4) is 17.0 Å². The fourth-order valence-corrected chi connectivity index (χ4v) is 2.59. The van der Waals surface area contributed by atoms with E-state index in [2.05, 4.69) is 24.1 Å². The Kier molecular flexibility index (Phi) is 5.09. The van der Waals surface area contributed by atoms with Crippen molar-refractivity contribution in [2.24, 2.45) is 5.92 Å². The van der Waals surface area contributed by atoms with Gasteiger partial charge in [0.25, 0.3) is 0 Å². The molecule has 1 heterocycles. The predicted molar refractivity (Wildman–Crippen MR) is 80.6 cm³/mol. The Hall–Kier alpha value is -1.46. The summed E-state index contributed by atoms with van der Waals surface area (Å²) >= 11 is 1.58. The summed E-state index contributed by atoms with van der Waals surface area (Å²) in [5.74, 6) is 0.505. The van der Waals surface area contributed by atoms with Gasteiger partial charge in [-0.25, -0.2) is 9.37 Å². The standard InChI is InChI=1S/C15H19FN2OS/c1-10(2)7-17-8-15-18-13(9-20-15)11-4-5-14(19-3)12(16)6-11/h4-6,9-10,17H,7-8H2,1-3H3. The first-order chi connectivity index (χ1) is 9.60. The van der Waals surface area contributed by atoms with Crippen molar-refractivity contribution in [1.82, 2.24) is 10.3 Å². The van der Waals surface area contributed by atoms with Crippen molar-refractivity contribution in [2.75, 3.05) is 13.7 Å². The number of nitrogens with one attached hydrogen (secondary N) is 1. The van der Waals surface area contributed by atoms with Gasteiger partial charge in [-0.3, -0.25) is 0 Å². The number of thiazole rings is 1. The minimum absolute atomic E-state index is 0.253. The van der Waals surface area contributed by atoms with Gasteiger partial charge < -0.3 is 10.1 Å². The number of methoxy groups -OCH3 is 1. The lowest BCUT2D eigenvalue weighted by Crippen LogP contribution is -2.18. The van der Waals surface area contributed by atoms with Crippen LogP contribution in [0, 0.1) is 11.7 Å². The van der Waals surface area contributed by atoms with Gasteiger partial charge in [0.15, 0.2) is 11.6 Å². The first-order valence-electron chi connectivity index (χ1n) is 6.59. The molecule has 5 heteroatoms. The predicted octanol–water partition coefficient (Wildman–Crippen LogP) is 3.70. The molecule has 0 spiro atoms. The SMILES string of the molecule is COc1ccc(-c2csc(CNCC(C)C)n2)cc1F. The van der Waals surface area contributed by atoms with Crippen LogP contribution in [0.2, 0.25) is 0 Å². The summed E-state index contributed by atoms with van der Waals surface area (Å²) in [5, 5.41) is 6.31. The molecule has 0 aliphatic rings. The smallest absolute Gasteiger partial charge is 0.165 e. The highest BCUT2D eigenvalue weighted by Crippen LogP contribution is 2.26. The number of benzene rings is 1. The molecule has 0 radical (unpaired) electrons. The maximum Gasteiger partial charge on any atom is 0.165 e. The Labute approximate surface area is 122 Å². The molecule has 1 N–H and O–H groups in total. The van der Waals surface area contributed by atoms with Crippen LogP contribution in [0.3, 0.4) is 0 Å². The lowest BCUT2D eigenvalue weighted by atomic mass is 10.1. The molecule has 3 nitrogen and oxygen atoms in total. The summed E-state index contributed by atoms with van der Waals surface area (Å²) in [7, 11) is 1.46. The Morgan fingerprint density at radius 2 is 2.20 bits per heavy atom. The molecule has 0 saturated carbocycles. The fraction of sp³-hybridized carbons (Fsp3) is 0.400. The van der Waals surface area contributed by atoms with Gasteiger partial charge in [0, 0.05) is 17.5 Å². The molecule has 0 unspecified atom stereocenters. The molecule has 0 fully saturated rings. The van der Waals surface area contributed by atoms with Crippen molar-refractivity contribution in [3.05, 3.63) is 34.4 Å². The molecular weight excluding hydrogens is 275 g/mol. The van der Waals surface area contributed by atoms with Crippen LogP contribution < -0.4 is 10.1 Å². The maximum atomic E-state index is 13.7. The second-order valence-corrected chi connectivity index (χ2v) is 5.94. The number of ether oxygens (including phenoxy) is 1. The van der Waals surface area contributed by atoms with E-state index in [1.54, 1.807) is 17.4 Å². The minimum Gasteiger partial charge on any atom is -0.494 e. The van der Waals surface area contributed by atoms with E-state index in [9.17, 15) is 4.39 Å². The van der Waals surface area contributed by atoms with Crippen molar-refractivity contribution >= 4 is 11.3 Å². The van der Waals surface area contributed by atoms with E-state index in [0.29, 0.717) is 5.92 Å². The van der Waals surface area contributed by atoms with Crippen LogP contribution >= 0.6 is 11.3 Å². The van der Waals surface area contributed by atoms with Crippen LogP contribution in [-0.2, 0) is 6.54 Å². The molecule has 0 amide bonds. The topological polar surface area (TPSA) is 34.1 Å². The molecule has 1 aromatic carbocycles. The molecule has 0 saturated heterocycles. The zero-order chi connectivity index (χ0) is 14.5. The summed E-state index contributed by atoms with van der Waals surface area (Å²) in [6.07, 6.45) is 0. The zero-order valence-corrected chi connectivity index (χ0v) is 12.8. The first kappa shape index (κ1) is 14.9. The fourth-order valence-electron chi connectivity index (χ4n) is 1.82. The lowest BCUT2D eigenvalue weighted by molar-refractivity contribution is 0.386. The third-order valence-corrected chi connectivity index (χ3v) is 3.68. The molecule has 20 heavy (non-hydrogen) atoms. The molecule has 0 aliphatic heterocycles. The average molecular weight is 294 g/mol. The van der Waals surface area contributed by atoms with E-state index in [1.807, 2.05) is 11.4 Å². The molecule has 0 bridgehead atoms. The van der Waals surface area contributed by atoms with E-state index in [-0.39, 0.29) is 11.6 Å². The van der Waals surface area contributed by atoms with Gasteiger partial charge in [-0.1, -0.05) is 13.8 Å². The number of halogens is 1. The normalized spacial score (nSPS) is 11.1. The monoisotopic (exact) mass is 294 g/mol. The number of aromatic nitrogens is 1. The van der Waals surface area contributed by atoms with Crippen LogP contribution in [0.4, 0.5) is 4.39 Å². The maximum absolute atomic E-state index is 13.7. The highest BCUT2D eigenvalue weighted by Gasteiger charge is 2.08. The van der Waals surface area contributed by atoms with E-state index >= 15 is 0 Å². The van der Waals surface area contributed by atoms with Crippen LogP contribution in [-0.4, -0.2) is 18.6 Å².